The molecule has 15 heavy (non-hydrogen) atoms. The van der Waals surface area contributed by atoms with Gasteiger partial charge in [-0.2, -0.15) is 0 Å². The van der Waals surface area contributed by atoms with Gasteiger partial charge in [0.15, 0.2) is 0 Å². The molecule has 0 radical (unpaired) electrons. The number of nitrogens with one attached hydrogen (secondary N) is 2. The van der Waals surface area contributed by atoms with Crippen molar-refractivity contribution in [1.82, 2.24) is 10.6 Å². The summed E-state index contributed by atoms with van der Waals surface area (Å²) in [4.78, 5) is 11.5. The van der Waals surface area contributed by atoms with Crippen molar-refractivity contribution in [2.45, 2.75) is 31.7 Å². The monoisotopic (exact) mass is 212 g/mol. The van der Waals surface area contributed by atoms with Crippen molar-refractivity contribution in [2.75, 3.05) is 26.3 Å². The molecule has 0 aromatic rings. The standard InChI is InChI=1S/C11H20N2O2/c14-11(13-10-7-15-8-10)2-1-9-3-5-12-6-4-9/h9-10,12H,1-8H2,(H,13,14). The van der Waals surface area contributed by atoms with E-state index in [0.717, 1.165) is 25.4 Å². The van der Waals surface area contributed by atoms with Crippen LogP contribution in [0.4, 0.5) is 0 Å². The van der Waals surface area contributed by atoms with E-state index in [0.29, 0.717) is 19.6 Å². The van der Waals surface area contributed by atoms with Gasteiger partial charge in [-0.15, -0.1) is 0 Å². The zero-order valence-corrected chi connectivity index (χ0v) is 9.13. The molecule has 2 N–H and O–H groups in total. The molecule has 2 heterocycles. The van der Waals surface area contributed by atoms with Gasteiger partial charge in [-0.05, 0) is 38.3 Å². The molecule has 0 spiro atoms. The maximum atomic E-state index is 11.5. The third kappa shape index (κ3) is 3.47. The van der Waals surface area contributed by atoms with Gasteiger partial charge in [-0.1, -0.05) is 0 Å². The summed E-state index contributed by atoms with van der Waals surface area (Å²) in [6.07, 6.45) is 4.17. The van der Waals surface area contributed by atoms with Crippen molar-refractivity contribution in [3.8, 4) is 0 Å². The van der Waals surface area contributed by atoms with E-state index in [-0.39, 0.29) is 11.9 Å². The molecule has 2 rings (SSSR count). The van der Waals surface area contributed by atoms with Gasteiger partial charge in [-0.3, -0.25) is 4.79 Å². The first-order valence-corrected chi connectivity index (χ1v) is 5.92. The fourth-order valence-corrected chi connectivity index (χ4v) is 2.12. The van der Waals surface area contributed by atoms with Crippen LogP contribution in [0.5, 0.6) is 0 Å². The molecular formula is C11H20N2O2. The molecule has 0 aromatic heterocycles. The fourth-order valence-electron chi connectivity index (χ4n) is 2.12. The zero-order chi connectivity index (χ0) is 10.5. The van der Waals surface area contributed by atoms with E-state index in [9.17, 15) is 4.79 Å². The highest BCUT2D eigenvalue weighted by Crippen LogP contribution is 2.17. The molecule has 0 unspecified atom stereocenters. The van der Waals surface area contributed by atoms with Crippen molar-refractivity contribution in [3.05, 3.63) is 0 Å². The largest absolute Gasteiger partial charge is 0.377 e. The normalized spacial score (nSPS) is 23.5. The van der Waals surface area contributed by atoms with E-state index in [2.05, 4.69) is 10.6 Å². The molecule has 0 bridgehead atoms. The summed E-state index contributed by atoms with van der Waals surface area (Å²) >= 11 is 0. The van der Waals surface area contributed by atoms with Gasteiger partial charge < -0.3 is 15.4 Å². The van der Waals surface area contributed by atoms with Crippen LogP contribution in [-0.4, -0.2) is 38.3 Å². The molecule has 4 heteroatoms. The Hall–Kier alpha value is -0.610. The first kappa shape index (κ1) is 10.9. The highest BCUT2D eigenvalue weighted by atomic mass is 16.5. The smallest absolute Gasteiger partial charge is 0.220 e. The minimum atomic E-state index is 0.196. The van der Waals surface area contributed by atoms with Gasteiger partial charge >= 0.3 is 0 Å². The zero-order valence-electron chi connectivity index (χ0n) is 9.13. The summed E-state index contributed by atoms with van der Waals surface area (Å²) in [7, 11) is 0. The highest BCUT2D eigenvalue weighted by Gasteiger charge is 2.21. The molecule has 4 nitrogen and oxygen atoms in total. The maximum absolute atomic E-state index is 11.5. The van der Waals surface area contributed by atoms with Gasteiger partial charge in [0.1, 0.15) is 0 Å². The molecule has 0 atom stereocenters. The number of ether oxygens (including phenoxy) is 1. The molecule has 2 aliphatic rings. The van der Waals surface area contributed by atoms with Crippen molar-refractivity contribution >= 4 is 5.91 Å². The lowest BCUT2D eigenvalue weighted by Gasteiger charge is -2.27. The molecule has 0 aromatic carbocycles. The van der Waals surface area contributed by atoms with Crippen LogP contribution in [0.25, 0.3) is 0 Å². The second kappa shape index (κ2) is 5.47. The maximum Gasteiger partial charge on any atom is 0.220 e. The number of piperidine rings is 1. The summed E-state index contributed by atoms with van der Waals surface area (Å²) in [6.45, 7) is 3.61. The number of carbonyl (C=O) groups is 1. The summed E-state index contributed by atoms with van der Waals surface area (Å²) < 4.78 is 5.01. The quantitative estimate of drug-likeness (QED) is 0.704. The lowest BCUT2D eigenvalue weighted by atomic mass is 9.93. The molecule has 0 saturated carbocycles. The average Bonchev–Trinajstić information content (AvgIpc) is 2.22. The van der Waals surface area contributed by atoms with Crippen LogP contribution >= 0.6 is 0 Å². The van der Waals surface area contributed by atoms with E-state index < -0.39 is 0 Å². The minimum Gasteiger partial charge on any atom is -0.377 e. The van der Waals surface area contributed by atoms with Crippen LogP contribution in [0.1, 0.15) is 25.7 Å². The Morgan fingerprint density at radius 2 is 2.07 bits per heavy atom. The molecule has 2 saturated heterocycles. The van der Waals surface area contributed by atoms with E-state index in [1.165, 1.54) is 12.8 Å². The topological polar surface area (TPSA) is 50.4 Å². The van der Waals surface area contributed by atoms with Crippen LogP contribution in [0.15, 0.2) is 0 Å². The summed E-state index contributed by atoms with van der Waals surface area (Å²) in [5.41, 5.74) is 0. The number of carbonyl (C=O) groups excluding carboxylic acids is 1. The van der Waals surface area contributed by atoms with Gasteiger partial charge in [0.25, 0.3) is 0 Å². The molecule has 2 fully saturated rings. The second-order valence-electron chi connectivity index (χ2n) is 4.53. The van der Waals surface area contributed by atoms with Crippen LogP contribution in [-0.2, 0) is 9.53 Å². The van der Waals surface area contributed by atoms with E-state index in [1.54, 1.807) is 0 Å². The predicted octanol–water partition coefficient (Wildman–Crippen LogP) is 0.281. The van der Waals surface area contributed by atoms with E-state index >= 15 is 0 Å². The Kier molecular flexibility index (Phi) is 3.97. The van der Waals surface area contributed by atoms with Crippen LogP contribution in [0.2, 0.25) is 0 Å². The van der Waals surface area contributed by atoms with Crippen molar-refractivity contribution < 1.29 is 9.53 Å². The van der Waals surface area contributed by atoms with Gasteiger partial charge in [0.2, 0.25) is 5.91 Å². The Morgan fingerprint density at radius 3 is 2.67 bits per heavy atom. The van der Waals surface area contributed by atoms with Crippen LogP contribution in [0.3, 0.4) is 0 Å². The molecule has 0 aliphatic carbocycles. The van der Waals surface area contributed by atoms with Gasteiger partial charge in [0.05, 0.1) is 19.3 Å². The first-order chi connectivity index (χ1) is 7.34. The lowest BCUT2D eigenvalue weighted by molar-refractivity contribution is -0.125. The van der Waals surface area contributed by atoms with Crippen molar-refractivity contribution in [1.29, 1.82) is 0 Å². The van der Waals surface area contributed by atoms with Crippen LogP contribution in [0, 0.1) is 5.92 Å². The van der Waals surface area contributed by atoms with Gasteiger partial charge in [-0.25, -0.2) is 0 Å². The fraction of sp³-hybridized carbons (Fsp3) is 0.909. The SMILES string of the molecule is O=C(CCC1CCNCC1)NC1COC1. The predicted molar refractivity (Wildman–Crippen MR) is 57.6 cm³/mol. The molecule has 2 aliphatic heterocycles. The first-order valence-electron chi connectivity index (χ1n) is 5.92. The number of hydrogen-bond donors (Lipinski definition) is 2. The van der Waals surface area contributed by atoms with Crippen molar-refractivity contribution in [2.24, 2.45) is 5.92 Å². The second-order valence-corrected chi connectivity index (χ2v) is 4.53. The van der Waals surface area contributed by atoms with Gasteiger partial charge in [0, 0.05) is 6.42 Å². The Balaban J connectivity index is 1.57. The van der Waals surface area contributed by atoms with Crippen molar-refractivity contribution in [3.63, 3.8) is 0 Å². The molecular weight excluding hydrogens is 192 g/mol. The Bertz CT molecular complexity index is 211. The highest BCUT2D eigenvalue weighted by molar-refractivity contribution is 5.76. The molecule has 86 valence electrons. The summed E-state index contributed by atoms with van der Waals surface area (Å²) in [6, 6.07) is 0.283. The van der Waals surface area contributed by atoms with Crippen LogP contribution < -0.4 is 10.6 Å². The number of rotatable bonds is 4. The number of amides is 1. The Labute approximate surface area is 90.8 Å². The summed E-state index contributed by atoms with van der Waals surface area (Å²) in [5, 5.41) is 6.31. The number of hydrogen-bond acceptors (Lipinski definition) is 3. The third-order valence-corrected chi connectivity index (χ3v) is 3.24. The lowest BCUT2D eigenvalue weighted by Crippen LogP contribution is -2.48. The minimum absolute atomic E-state index is 0.196. The van der Waals surface area contributed by atoms with E-state index in [1.807, 2.05) is 0 Å². The third-order valence-electron chi connectivity index (χ3n) is 3.24. The summed E-state index contributed by atoms with van der Waals surface area (Å²) in [5.74, 6) is 0.941. The van der Waals surface area contributed by atoms with E-state index in [4.69, 9.17) is 4.74 Å². The average molecular weight is 212 g/mol. The molecule has 1 amide bonds. The Morgan fingerprint density at radius 1 is 1.33 bits per heavy atom.